The number of piperidine rings is 1. The number of rotatable bonds is 7. The summed E-state index contributed by atoms with van der Waals surface area (Å²) in [6.07, 6.45) is 6.91. The predicted molar refractivity (Wildman–Crippen MR) is 145 cm³/mol. The number of carbonyl (C=O) groups is 1. The van der Waals surface area contributed by atoms with Crippen LogP contribution < -0.4 is 10.2 Å². The highest BCUT2D eigenvalue weighted by Gasteiger charge is 2.50. The van der Waals surface area contributed by atoms with Crippen LogP contribution in [0.5, 0.6) is 0 Å². The molecule has 1 aliphatic heterocycles. The third-order valence-electron chi connectivity index (χ3n) is 7.05. The zero-order valence-electron chi connectivity index (χ0n) is 20.8. The number of aromatic nitrogens is 6. The van der Waals surface area contributed by atoms with Crippen molar-refractivity contribution < 1.29 is 18.0 Å². The molecule has 9 nitrogen and oxygen atoms in total. The van der Waals surface area contributed by atoms with Crippen molar-refractivity contribution in [1.29, 1.82) is 0 Å². The fraction of sp³-hybridized carbons (Fsp3) is 0.269. The van der Waals surface area contributed by atoms with Crippen molar-refractivity contribution >= 4 is 46.4 Å². The number of nitrogens with zero attached hydrogens (tertiary/aromatic N) is 7. The molecule has 4 heterocycles. The smallest absolute Gasteiger partial charge is 0.275 e. The first kappa shape index (κ1) is 26.3. The quantitative estimate of drug-likeness (QED) is 0.284. The Morgan fingerprint density at radius 1 is 1.18 bits per heavy atom. The van der Waals surface area contributed by atoms with E-state index in [2.05, 4.69) is 30.4 Å². The van der Waals surface area contributed by atoms with E-state index in [1.807, 2.05) is 11.8 Å². The number of hydrogen-bond donors (Lipinski definition) is 1. The number of nitrogens with one attached hydrogen (secondary N) is 1. The first-order valence-electron chi connectivity index (χ1n) is 12.3. The van der Waals surface area contributed by atoms with Crippen LogP contribution in [0.3, 0.4) is 0 Å². The van der Waals surface area contributed by atoms with Crippen molar-refractivity contribution in [3.8, 4) is 11.3 Å². The molecule has 1 aliphatic carbocycles. The van der Waals surface area contributed by atoms with E-state index in [1.54, 1.807) is 23.3 Å². The maximum Gasteiger partial charge on any atom is 0.275 e. The number of carbonyl (C=O) groups excluding carboxylic acids is 1. The van der Waals surface area contributed by atoms with Gasteiger partial charge in [0.15, 0.2) is 5.82 Å². The number of amides is 1. The van der Waals surface area contributed by atoms with Gasteiger partial charge in [0, 0.05) is 47.7 Å². The van der Waals surface area contributed by atoms with E-state index in [0.29, 0.717) is 23.5 Å². The fourth-order valence-electron chi connectivity index (χ4n) is 4.71. The van der Waals surface area contributed by atoms with E-state index in [-0.39, 0.29) is 22.5 Å². The molecule has 204 valence electrons. The second kappa shape index (κ2) is 10.2. The van der Waals surface area contributed by atoms with Crippen LogP contribution >= 0.6 is 23.8 Å². The van der Waals surface area contributed by atoms with Crippen LogP contribution in [0, 0.1) is 17.7 Å². The molecule has 0 spiro atoms. The number of thiocarbonyl (C=S) groups is 1. The highest BCUT2D eigenvalue weighted by Crippen LogP contribution is 2.47. The van der Waals surface area contributed by atoms with Gasteiger partial charge in [0.1, 0.15) is 5.69 Å². The topological polar surface area (TPSA) is 102 Å². The van der Waals surface area contributed by atoms with Gasteiger partial charge in [-0.3, -0.25) is 14.5 Å². The molecule has 1 N–H and O–H groups in total. The maximum absolute atomic E-state index is 14.7. The van der Waals surface area contributed by atoms with Crippen LogP contribution in [-0.2, 0) is 0 Å². The lowest BCUT2D eigenvalue weighted by Gasteiger charge is -2.19. The number of halogens is 4. The molecule has 2 fully saturated rings. The van der Waals surface area contributed by atoms with Crippen molar-refractivity contribution in [2.75, 3.05) is 16.8 Å². The molecule has 0 bridgehead atoms. The van der Waals surface area contributed by atoms with Gasteiger partial charge in [-0.1, -0.05) is 29.9 Å². The minimum Gasteiger partial charge on any atom is -0.318 e. The van der Waals surface area contributed by atoms with Gasteiger partial charge < -0.3 is 10.2 Å². The molecule has 0 radical (unpaired) electrons. The minimum atomic E-state index is -2.99. The number of fused-ring (bicyclic) bond motifs is 1. The first-order valence-corrected chi connectivity index (χ1v) is 13.1. The lowest BCUT2D eigenvalue weighted by atomic mass is 10.0. The SMILES string of the molecule is C[C@@H](c1cnc(N2C[C@H]3C[C@H]3C2=S)nc1)n1cc(NC(=O)c2cncc(-c3c(C(F)F)ccc(Cl)c3F)n2)cn1. The summed E-state index contributed by atoms with van der Waals surface area (Å²) in [6.45, 7) is 2.76. The summed E-state index contributed by atoms with van der Waals surface area (Å²) >= 11 is 11.3. The molecule has 3 atom stereocenters. The largest absolute Gasteiger partial charge is 0.318 e. The summed E-state index contributed by atoms with van der Waals surface area (Å²) < 4.78 is 43.3. The van der Waals surface area contributed by atoms with Crippen LogP contribution in [0.4, 0.5) is 24.8 Å². The average Bonchev–Trinajstić information content (AvgIpc) is 3.45. The summed E-state index contributed by atoms with van der Waals surface area (Å²) in [5.41, 5.74) is -0.423. The molecule has 2 aliphatic rings. The Kier molecular flexibility index (Phi) is 6.70. The summed E-state index contributed by atoms with van der Waals surface area (Å²) in [5, 5.41) is 6.60. The normalized spacial score (nSPS) is 18.6. The molecular formula is C26H20ClF3N8OS. The summed E-state index contributed by atoms with van der Waals surface area (Å²) in [5.74, 6) is -0.0676. The van der Waals surface area contributed by atoms with Gasteiger partial charge >= 0.3 is 0 Å². The van der Waals surface area contributed by atoms with E-state index >= 15 is 0 Å². The van der Waals surface area contributed by atoms with Gasteiger partial charge in [-0.2, -0.15) is 5.10 Å². The van der Waals surface area contributed by atoms with Crippen LogP contribution in [0.15, 0.2) is 49.3 Å². The molecule has 1 saturated heterocycles. The van der Waals surface area contributed by atoms with Crippen LogP contribution in [0.1, 0.15) is 47.4 Å². The van der Waals surface area contributed by atoms with E-state index in [0.717, 1.165) is 48.0 Å². The molecule has 1 saturated carbocycles. The molecule has 6 rings (SSSR count). The van der Waals surface area contributed by atoms with E-state index in [4.69, 9.17) is 23.8 Å². The second-order valence-corrected chi connectivity index (χ2v) is 10.4. The van der Waals surface area contributed by atoms with Crippen LogP contribution in [-0.4, -0.2) is 47.2 Å². The lowest BCUT2D eigenvalue weighted by Crippen LogP contribution is -2.28. The van der Waals surface area contributed by atoms with Gasteiger partial charge in [0.25, 0.3) is 12.3 Å². The average molecular weight is 585 g/mol. The Bertz CT molecular complexity index is 1630. The molecular weight excluding hydrogens is 565 g/mol. The van der Waals surface area contributed by atoms with E-state index < -0.39 is 29.3 Å². The van der Waals surface area contributed by atoms with Crippen LogP contribution in [0.25, 0.3) is 11.3 Å². The lowest BCUT2D eigenvalue weighted by molar-refractivity contribution is 0.102. The molecule has 40 heavy (non-hydrogen) atoms. The number of hydrogen-bond acceptors (Lipinski definition) is 7. The highest BCUT2D eigenvalue weighted by atomic mass is 35.5. The Morgan fingerprint density at radius 2 is 1.95 bits per heavy atom. The van der Waals surface area contributed by atoms with Gasteiger partial charge in [-0.05, 0) is 25.3 Å². The number of benzene rings is 1. The zero-order chi connectivity index (χ0) is 28.1. The summed E-state index contributed by atoms with van der Waals surface area (Å²) in [6, 6.07) is 1.80. The molecule has 0 unspecified atom stereocenters. The Labute approximate surface area is 236 Å². The highest BCUT2D eigenvalue weighted by molar-refractivity contribution is 7.80. The number of alkyl halides is 2. The Balaban J connectivity index is 1.16. The van der Waals surface area contributed by atoms with Crippen molar-refractivity contribution in [1.82, 2.24) is 29.7 Å². The maximum atomic E-state index is 14.7. The van der Waals surface area contributed by atoms with Crippen LogP contribution in [0.2, 0.25) is 5.02 Å². The molecule has 14 heteroatoms. The fourth-order valence-corrected chi connectivity index (χ4v) is 5.31. The molecule has 3 aromatic heterocycles. The summed E-state index contributed by atoms with van der Waals surface area (Å²) in [4.78, 5) is 32.7. The Hall–Kier alpha value is -3.97. The number of anilines is 2. The standard InChI is InChI=1S/C26H20ClF3N8OS/c1-12(14-5-32-26(33-6-14)37-10-13-4-17(13)25(37)40)38-11-15(7-34-38)35-24(39)20-9-31-8-19(36-20)21-16(23(29)30)2-3-18(27)22(21)28/h2-3,5-9,11-13,17,23H,4,10H2,1H3,(H,35,39)/t12-,13+,17+/m0/s1. The van der Waals surface area contributed by atoms with Crippen molar-refractivity contribution in [2.24, 2.45) is 11.8 Å². The molecule has 1 aromatic carbocycles. The predicted octanol–water partition coefficient (Wildman–Crippen LogP) is 5.51. The third kappa shape index (κ3) is 4.79. The van der Waals surface area contributed by atoms with Gasteiger partial charge in [0.2, 0.25) is 5.95 Å². The van der Waals surface area contributed by atoms with E-state index in [1.165, 1.54) is 6.20 Å². The molecule has 4 aromatic rings. The monoisotopic (exact) mass is 584 g/mol. The minimum absolute atomic E-state index is 0.209. The van der Waals surface area contributed by atoms with Crippen molar-refractivity contribution in [2.45, 2.75) is 25.8 Å². The zero-order valence-corrected chi connectivity index (χ0v) is 22.4. The van der Waals surface area contributed by atoms with Crippen molar-refractivity contribution in [3.63, 3.8) is 0 Å². The van der Waals surface area contributed by atoms with E-state index in [9.17, 15) is 18.0 Å². The van der Waals surface area contributed by atoms with Crippen molar-refractivity contribution in [3.05, 3.63) is 77.0 Å². The molecule has 1 amide bonds. The van der Waals surface area contributed by atoms with Gasteiger partial charge in [0.05, 0.1) is 46.0 Å². The van der Waals surface area contributed by atoms with Gasteiger partial charge in [-0.15, -0.1) is 0 Å². The Morgan fingerprint density at radius 3 is 2.65 bits per heavy atom. The second-order valence-electron chi connectivity index (χ2n) is 9.62. The third-order valence-corrected chi connectivity index (χ3v) is 7.86. The van der Waals surface area contributed by atoms with Gasteiger partial charge in [-0.25, -0.2) is 28.1 Å². The summed E-state index contributed by atoms with van der Waals surface area (Å²) in [7, 11) is 0. The first-order chi connectivity index (χ1) is 19.2.